The van der Waals surface area contributed by atoms with Crippen LogP contribution in [-0.2, 0) is 0 Å². The molecule has 3 nitrogen and oxygen atoms in total. The van der Waals surface area contributed by atoms with Gasteiger partial charge in [0.2, 0.25) is 0 Å². The average molecular weight is 580 g/mol. The van der Waals surface area contributed by atoms with Gasteiger partial charge in [-0.25, -0.2) is 9.97 Å². The highest BCUT2D eigenvalue weighted by Gasteiger charge is 2.22. The van der Waals surface area contributed by atoms with E-state index in [0.29, 0.717) is 0 Å². The molecule has 0 saturated carbocycles. The SMILES string of the molecule is c1ccc(-c2cc(-c3ccccc3)nc(-c3cccc4c3sc3c5c6ccccc6ccc5n(-c5ccccc5)c43)n2)cc1. The Labute approximate surface area is 258 Å². The Morgan fingerprint density at radius 1 is 0.500 bits per heavy atom. The summed E-state index contributed by atoms with van der Waals surface area (Å²) < 4.78 is 4.91. The van der Waals surface area contributed by atoms with Gasteiger partial charge >= 0.3 is 0 Å². The lowest BCUT2D eigenvalue weighted by atomic mass is 10.1. The molecule has 0 aliphatic heterocycles. The van der Waals surface area contributed by atoms with Gasteiger partial charge in [0.25, 0.3) is 0 Å². The lowest BCUT2D eigenvalue weighted by Gasteiger charge is -2.11. The Morgan fingerprint density at radius 3 is 1.82 bits per heavy atom. The van der Waals surface area contributed by atoms with Gasteiger partial charge in [-0.05, 0) is 41.1 Å². The predicted octanol–water partition coefficient (Wildman–Crippen LogP) is 10.9. The molecule has 0 N–H and O–H groups in total. The van der Waals surface area contributed by atoms with E-state index in [-0.39, 0.29) is 0 Å². The number of thiophene rings is 1. The van der Waals surface area contributed by atoms with Gasteiger partial charge in [0, 0.05) is 37.9 Å². The molecular weight excluding hydrogens is 555 g/mol. The monoisotopic (exact) mass is 579 g/mol. The molecule has 0 unspecified atom stereocenters. The number of aromatic nitrogens is 3. The Morgan fingerprint density at radius 2 is 1.11 bits per heavy atom. The Bertz CT molecular complexity index is 2420. The van der Waals surface area contributed by atoms with Crippen molar-refractivity contribution in [3.05, 3.63) is 152 Å². The van der Waals surface area contributed by atoms with Crippen LogP contribution in [0.3, 0.4) is 0 Å². The topological polar surface area (TPSA) is 30.7 Å². The summed E-state index contributed by atoms with van der Waals surface area (Å²) >= 11 is 1.85. The van der Waals surface area contributed by atoms with E-state index >= 15 is 0 Å². The van der Waals surface area contributed by atoms with E-state index in [0.717, 1.165) is 39.6 Å². The van der Waals surface area contributed by atoms with E-state index in [4.69, 9.17) is 9.97 Å². The summed E-state index contributed by atoms with van der Waals surface area (Å²) in [5.74, 6) is 0.736. The number of fused-ring (bicyclic) bond motifs is 7. The van der Waals surface area contributed by atoms with Crippen LogP contribution in [0.15, 0.2) is 152 Å². The molecule has 0 radical (unpaired) electrons. The van der Waals surface area contributed by atoms with Gasteiger partial charge in [0.15, 0.2) is 5.82 Å². The fraction of sp³-hybridized carbons (Fsp3) is 0. The van der Waals surface area contributed by atoms with Crippen molar-refractivity contribution in [2.75, 3.05) is 0 Å². The van der Waals surface area contributed by atoms with Gasteiger partial charge in [0.05, 0.1) is 27.1 Å². The van der Waals surface area contributed by atoms with E-state index < -0.39 is 0 Å². The van der Waals surface area contributed by atoms with Crippen LogP contribution in [-0.4, -0.2) is 14.5 Å². The largest absolute Gasteiger partial charge is 0.308 e. The van der Waals surface area contributed by atoms with Gasteiger partial charge in [-0.3, -0.25) is 0 Å². The van der Waals surface area contributed by atoms with Crippen LogP contribution in [0.4, 0.5) is 0 Å². The van der Waals surface area contributed by atoms with Crippen molar-refractivity contribution >= 4 is 53.3 Å². The van der Waals surface area contributed by atoms with Crippen LogP contribution in [0.25, 0.3) is 81.6 Å². The zero-order valence-corrected chi connectivity index (χ0v) is 24.5. The molecule has 44 heavy (non-hydrogen) atoms. The molecule has 6 aromatic carbocycles. The van der Waals surface area contributed by atoms with Crippen molar-refractivity contribution in [3.63, 3.8) is 0 Å². The smallest absolute Gasteiger partial charge is 0.161 e. The molecule has 3 heterocycles. The first-order valence-corrected chi connectivity index (χ1v) is 15.6. The van der Waals surface area contributed by atoms with Gasteiger partial charge in [-0.2, -0.15) is 0 Å². The minimum Gasteiger partial charge on any atom is -0.308 e. The van der Waals surface area contributed by atoms with E-state index in [9.17, 15) is 0 Å². The van der Waals surface area contributed by atoms with Crippen molar-refractivity contribution in [2.45, 2.75) is 0 Å². The van der Waals surface area contributed by atoms with Crippen LogP contribution < -0.4 is 0 Å². The van der Waals surface area contributed by atoms with Crippen LogP contribution in [0.2, 0.25) is 0 Å². The van der Waals surface area contributed by atoms with Gasteiger partial charge in [-0.15, -0.1) is 11.3 Å². The predicted molar refractivity (Wildman–Crippen MR) is 186 cm³/mol. The standard InChI is InChI=1S/C40H25N3S/c1-4-14-27(15-5-1)33-25-34(28-16-6-2-7-17-28)42-40(41-33)32-22-12-21-31-37-39(44-38(31)32)36-30-20-11-10-13-26(30)23-24-35(36)43(37)29-18-8-3-9-19-29/h1-25H. The number of hydrogen-bond acceptors (Lipinski definition) is 3. The Kier molecular flexibility index (Phi) is 5.68. The van der Waals surface area contributed by atoms with Crippen molar-refractivity contribution in [1.82, 2.24) is 14.5 Å². The molecule has 3 aromatic heterocycles. The second-order valence-electron chi connectivity index (χ2n) is 11.0. The maximum absolute atomic E-state index is 5.19. The summed E-state index contributed by atoms with van der Waals surface area (Å²) in [5, 5.41) is 5.02. The van der Waals surface area contributed by atoms with Crippen molar-refractivity contribution in [3.8, 4) is 39.6 Å². The molecule has 0 atom stereocenters. The first-order chi connectivity index (χ1) is 21.8. The quantitative estimate of drug-likeness (QED) is 0.208. The minimum absolute atomic E-state index is 0.736. The molecule has 4 heteroatoms. The summed E-state index contributed by atoms with van der Waals surface area (Å²) in [6, 6.07) is 53.3. The molecule has 0 bridgehead atoms. The minimum atomic E-state index is 0.736. The maximum atomic E-state index is 5.19. The van der Waals surface area contributed by atoms with Crippen LogP contribution in [0.1, 0.15) is 0 Å². The number of nitrogens with zero attached hydrogens (tertiary/aromatic N) is 3. The molecule has 9 rings (SSSR count). The van der Waals surface area contributed by atoms with Crippen LogP contribution in [0.5, 0.6) is 0 Å². The molecule has 0 aliphatic carbocycles. The fourth-order valence-electron chi connectivity index (χ4n) is 6.41. The first kappa shape index (κ1) is 25.0. The maximum Gasteiger partial charge on any atom is 0.161 e. The molecule has 206 valence electrons. The lowest BCUT2D eigenvalue weighted by molar-refractivity contribution is 1.19. The summed E-state index contributed by atoms with van der Waals surface area (Å²) in [5.41, 5.74) is 8.63. The summed E-state index contributed by atoms with van der Waals surface area (Å²) in [6.07, 6.45) is 0. The number of benzene rings is 6. The van der Waals surface area contributed by atoms with Gasteiger partial charge in [-0.1, -0.05) is 121 Å². The molecule has 0 spiro atoms. The van der Waals surface area contributed by atoms with E-state index in [1.807, 2.05) is 23.5 Å². The molecule has 0 fully saturated rings. The van der Waals surface area contributed by atoms with Gasteiger partial charge < -0.3 is 4.57 Å². The first-order valence-electron chi connectivity index (χ1n) is 14.8. The normalized spacial score (nSPS) is 11.6. The molecule has 9 aromatic rings. The highest BCUT2D eigenvalue weighted by Crippen LogP contribution is 2.47. The Hall–Kier alpha value is -5.58. The van der Waals surface area contributed by atoms with Crippen LogP contribution in [0, 0.1) is 0 Å². The summed E-state index contributed by atoms with van der Waals surface area (Å²) in [6.45, 7) is 0. The van der Waals surface area contributed by atoms with E-state index in [2.05, 4.69) is 144 Å². The van der Waals surface area contributed by atoms with E-state index in [1.165, 1.54) is 42.0 Å². The van der Waals surface area contributed by atoms with Gasteiger partial charge in [0.1, 0.15) is 0 Å². The Balaban J connectivity index is 1.38. The second-order valence-corrected chi connectivity index (χ2v) is 12.0. The summed E-state index contributed by atoms with van der Waals surface area (Å²) in [7, 11) is 0. The zero-order chi connectivity index (χ0) is 29.0. The highest BCUT2D eigenvalue weighted by molar-refractivity contribution is 7.27. The summed E-state index contributed by atoms with van der Waals surface area (Å²) in [4.78, 5) is 10.4. The highest BCUT2D eigenvalue weighted by atomic mass is 32.1. The third kappa shape index (κ3) is 3.89. The molecule has 0 saturated heterocycles. The van der Waals surface area contributed by atoms with E-state index in [1.54, 1.807) is 0 Å². The third-order valence-corrected chi connectivity index (χ3v) is 9.65. The zero-order valence-electron chi connectivity index (χ0n) is 23.7. The number of rotatable bonds is 4. The average Bonchev–Trinajstić information content (AvgIpc) is 3.64. The second kappa shape index (κ2) is 10.0. The van der Waals surface area contributed by atoms with Crippen molar-refractivity contribution in [1.29, 1.82) is 0 Å². The lowest BCUT2D eigenvalue weighted by Crippen LogP contribution is -1.96. The molecule has 0 aliphatic rings. The number of hydrogen-bond donors (Lipinski definition) is 0. The van der Waals surface area contributed by atoms with Crippen molar-refractivity contribution in [2.24, 2.45) is 0 Å². The van der Waals surface area contributed by atoms with Crippen LogP contribution >= 0.6 is 11.3 Å². The molecule has 0 amide bonds. The fourth-order valence-corrected chi connectivity index (χ4v) is 7.77. The van der Waals surface area contributed by atoms with Crippen molar-refractivity contribution < 1.29 is 0 Å². The third-order valence-electron chi connectivity index (χ3n) is 8.41. The number of para-hydroxylation sites is 1. The molecular formula is C40H25N3S.